The van der Waals surface area contributed by atoms with Crippen LogP contribution in [0.25, 0.3) is 0 Å². The number of halogens is 1. The molecule has 2 N–H and O–H groups in total. The van der Waals surface area contributed by atoms with Crippen LogP contribution in [-0.2, 0) is 10.0 Å². The van der Waals surface area contributed by atoms with Gasteiger partial charge >= 0.3 is 0 Å². The molecule has 1 unspecified atom stereocenters. The highest BCUT2D eigenvalue weighted by Gasteiger charge is 2.27. The molecule has 27 heavy (non-hydrogen) atoms. The molecule has 1 atom stereocenters. The number of hydrogen-bond acceptors (Lipinski definition) is 6. The summed E-state index contributed by atoms with van der Waals surface area (Å²) in [4.78, 5) is 22.6. The number of nitrogens with zero attached hydrogens (tertiary/aromatic N) is 3. The molecule has 1 aromatic carbocycles. The zero-order valence-corrected chi connectivity index (χ0v) is 15.9. The minimum absolute atomic E-state index is 0.0498. The summed E-state index contributed by atoms with van der Waals surface area (Å²) in [6.07, 6.45) is 3.79. The van der Waals surface area contributed by atoms with Gasteiger partial charge in [-0.25, -0.2) is 18.4 Å². The summed E-state index contributed by atoms with van der Waals surface area (Å²) >= 11 is 5.77. The van der Waals surface area contributed by atoms with Crippen LogP contribution in [0.2, 0.25) is 5.02 Å². The van der Waals surface area contributed by atoms with Gasteiger partial charge in [-0.2, -0.15) is 0 Å². The lowest BCUT2D eigenvalue weighted by molar-refractivity contribution is 0.0791. The molecule has 1 fully saturated rings. The molecule has 1 aromatic heterocycles. The molecule has 2 heterocycles. The molecule has 1 aliphatic rings. The predicted molar refractivity (Wildman–Crippen MR) is 104 cm³/mol. The van der Waals surface area contributed by atoms with E-state index in [-0.39, 0.29) is 11.9 Å². The first-order valence-electron chi connectivity index (χ1n) is 8.15. The Morgan fingerprint density at radius 1 is 1.26 bits per heavy atom. The van der Waals surface area contributed by atoms with Crippen LogP contribution in [0.1, 0.15) is 16.8 Å². The zero-order chi connectivity index (χ0) is 19.4. The first kappa shape index (κ1) is 19.1. The highest BCUT2D eigenvalue weighted by atomic mass is 35.5. The molecule has 1 amide bonds. The Hall–Kier alpha value is -2.65. The SMILES string of the molecule is C=CS(=O)(=O)Nc1ccc(C(=O)N2CCC(Nc3ncc(Cl)cn3)C2)cc1. The van der Waals surface area contributed by atoms with Gasteiger partial charge in [-0.1, -0.05) is 18.2 Å². The number of carbonyl (C=O) groups excluding carboxylic acids is 1. The molecule has 0 spiro atoms. The number of aromatic nitrogens is 2. The molecule has 1 saturated heterocycles. The van der Waals surface area contributed by atoms with Crippen molar-refractivity contribution in [1.82, 2.24) is 14.9 Å². The second-order valence-corrected chi connectivity index (χ2v) is 8.06. The standard InChI is InChI=1S/C17H18ClN5O3S/c1-2-27(25,26)22-14-5-3-12(4-6-14)16(24)23-8-7-15(11-23)21-17-19-9-13(18)10-20-17/h2-6,9-10,15,22H,1,7-8,11H2,(H,19,20,21). The molecule has 0 saturated carbocycles. The van der Waals surface area contributed by atoms with Crippen molar-refractivity contribution >= 4 is 39.2 Å². The van der Waals surface area contributed by atoms with Crippen molar-refractivity contribution in [3.63, 3.8) is 0 Å². The van der Waals surface area contributed by atoms with Gasteiger partial charge in [-0.15, -0.1) is 0 Å². The van der Waals surface area contributed by atoms with E-state index in [0.29, 0.717) is 35.3 Å². The van der Waals surface area contributed by atoms with Crippen molar-refractivity contribution in [2.45, 2.75) is 12.5 Å². The zero-order valence-electron chi connectivity index (χ0n) is 14.3. The Balaban J connectivity index is 1.59. The molecule has 142 valence electrons. The minimum Gasteiger partial charge on any atom is -0.350 e. The van der Waals surface area contributed by atoms with Crippen LogP contribution < -0.4 is 10.0 Å². The fourth-order valence-electron chi connectivity index (χ4n) is 2.70. The summed E-state index contributed by atoms with van der Waals surface area (Å²) in [7, 11) is -3.57. The third-order valence-corrected chi connectivity index (χ3v) is 5.19. The maximum Gasteiger partial charge on any atom is 0.254 e. The van der Waals surface area contributed by atoms with Gasteiger partial charge in [0.1, 0.15) is 0 Å². The summed E-state index contributed by atoms with van der Waals surface area (Å²) in [5.74, 6) is 0.354. The van der Waals surface area contributed by atoms with E-state index in [1.807, 2.05) is 0 Å². The number of carbonyl (C=O) groups is 1. The number of sulfonamides is 1. The quantitative estimate of drug-likeness (QED) is 0.761. The molecule has 0 bridgehead atoms. The molecule has 0 radical (unpaired) electrons. The lowest BCUT2D eigenvalue weighted by atomic mass is 10.2. The fourth-order valence-corrected chi connectivity index (χ4v) is 3.35. The molecule has 8 nitrogen and oxygen atoms in total. The van der Waals surface area contributed by atoms with Gasteiger partial charge in [0.2, 0.25) is 5.95 Å². The van der Waals surface area contributed by atoms with Crippen LogP contribution in [0, 0.1) is 0 Å². The lowest BCUT2D eigenvalue weighted by Gasteiger charge is -2.17. The summed E-state index contributed by atoms with van der Waals surface area (Å²) in [5.41, 5.74) is 0.854. The van der Waals surface area contributed by atoms with E-state index >= 15 is 0 Å². The predicted octanol–water partition coefficient (Wildman–Crippen LogP) is 2.34. The number of likely N-dealkylation sites (tertiary alicyclic amines) is 1. The average Bonchev–Trinajstić information content (AvgIpc) is 3.12. The number of benzene rings is 1. The van der Waals surface area contributed by atoms with Gasteiger partial charge in [0, 0.05) is 35.8 Å². The Kier molecular flexibility index (Phi) is 5.62. The number of nitrogens with one attached hydrogen (secondary N) is 2. The van der Waals surface area contributed by atoms with E-state index in [0.717, 1.165) is 11.8 Å². The maximum absolute atomic E-state index is 12.6. The second kappa shape index (κ2) is 7.93. The number of amides is 1. The number of rotatable bonds is 6. The number of anilines is 2. The van der Waals surface area contributed by atoms with Crippen LogP contribution in [0.5, 0.6) is 0 Å². The van der Waals surface area contributed by atoms with Gasteiger partial charge in [0.15, 0.2) is 0 Å². The third-order valence-electron chi connectivity index (χ3n) is 4.04. The van der Waals surface area contributed by atoms with E-state index in [9.17, 15) is 13.2 Å². The molecular formula is C17H18ClN5O3S. The highest BCUT2D eigenvalue weighted by Crippen LogP contribution is 2.18. The van der Waals surface area contributed by atoms with Gasteiger partial charge < -0.3 is 10.2 Å². The first-order valence-corrected chi connectivity index (χ1v) is 10.1. The minimum atomic E-state index is -3.57. The van der Waals surface area contributed by atoms with Gasteiger partial charge in [0.25, 0.3) is 15.9 Å². The Bertz CT molecular complexity index is 932. The van der Waals surface area contributed by atoms with E-state index in [1.165, 1.54) is 12.4 Å². The highest BCUT2D eigenvalue weighted by molar-refractivity contribution is 7.95. The Morgan fingerprint density at radius 3 is 2.56 bits per heavy atom. The summed E-state index contributed by atoms with van der Waals surface area (Å²) in [6.45, 7) is 4.36. The lowest BCUT2D eigenvalue weighted by Crippen LogP contribution is -2.31. The molecule has 3 rings (SSSR count). The van der Waals surface area contributed by atoms with Crippen molar-refractivity contribution in [1.29, 1.82) is 0 Å². The van der Waals surface area contributed by atoms with Crippen LogP contribution in [0.3, 0.4) is 0 Å². The van der Waals surface area contributed by atoms with Crippen molar-refractivity contribution in [3.05, 3.63) is 59.2 Å². The van der Waals surface area contributed by atoms with Crippen LogP contribution in [0.15, 0.2) is 48.6 Å². The van der Waals surface area contributed by atoms with Crippen LogP contribution >= 0.6 is 11.6 Å². The van der Waals surface area contributed by atoms with Gasteiger partial charge in [-0.3, -0.25) is 9.52 Å². The second-order valence-electron chi connectivity index (χ2n) is 6.00. The molecule has 10 heteroatoms. The average molecular weight is 408 g/mol. The molecular weight excluding hydrogens is 390 g/mol. The Labute approximate surface area is 162 Å². The van der Waals surface area contributed by atoms with E-state index < -0.39 is 10.0 Å². The number of hydrogen-bond donors (Lipinski definition) is 2. The van der Waals surface area contributed by atoms with Gasteiger partial charge in [0.05, 0.1) is 17.4 Å². The largest absolute Gasteiger partial charge is 0.350 e. The van der Waals surface area contributed by atoms with Crippen molar-refractivity contribution in [2.75, 3.05) is 23.1 Å². The smallest absolute Gasteiger partial charge is 0.254 e. The summed E-state index contributed by atoms with van der Waals surface area (Å²) < 4.78 is 25.3. The molecule has 2 aromatic rings. The fraction of sp³-hybridized carbons (Fsp3) is 0.235. The topological polar surface area (TPSA) is 104 Å². The van der Waals surface area contributed by atoms with Crippen molar-refractivity contribution in [2.24, 2.45) is 0 Å². The Morgan fingerprint density at radius 2 is 1.93 bits per heavy atom. The molecule has 0 aliphatic carbocycles. The van der Waals surface area contributed by atoms with Crippen molar-refractivity contribution in [3.8, 4) is 0 Å². The maximum atomic E-state index is 12.6. The van der Waals surface area contributed by atoms with Crippen molar-refractivity contribution < 1.29 is 13.2 Å². The van der Waals surface area contributed by atoms with Crippen LogP contribution in [-0.4, -0.2) is 48.3 Å². The third kappa shape index (κ3) is 4.95. The van der Waals surface area contributed by atoms with Crippen LogP contribution in [0.4, 0.5) is 11.6 Å². The molecule has 1 aliphatic heterocycles. The van der Waals surface area contributed by atoms with E-state index in [4.69, 9.17) is 11.6 Å². The van der Waals surface area contributed by atoms with E-state index in [2.05, 4.69) is 26.6 Å². The van der Waals surface area contributed by atoms with Gasteiger partial charge in [-0.05, 0) is 30.7 Å². The van der Waals surface area contributed by atoms with E-state index in [1.54, 1.807) is 29.2 Å². The normalized spacial score (nSPS) is 16.8. The summed E-state index contributed by atoms with van der Waals surface area (Å²) in [5, 5.41) is 4.47. The first-order chi connectivity index (χ1) is 12.9. The monoisotopic (exact) mass is 407 g/mol. The summed E-state index contributed by atoms with van der Waals surface area (Å²) in [6, 6.07) is 6.32.